The van der Waals surface area contributed by atoms with Crippen LogP contribution in [0.1, 0.15) is 37.5 Å². The molecule has 0 saturated heterocycles. The molecule has 1 heterocycles. The molecule has 2 amide bonds. The molecular weight excluding hydrogens is 338 g/mol. The summed E-state index contributed by atoms with van der Waals surface area (Å²) in [6, 6.07) is 16.3. The standard InChI is InChI=1S/C22H21N3O2/c1-14-7-9-18(10-8-14)24-21(26)17-11-12-23-20(13-17)22(27)25-19-6-4-5-15(2)16(19)3/h4-13H,1-3H3,(H,24,26)(H,25,27). The molecule has 0 saturated carbocycles. The Morgan fingerprint density at radius 3 is 2.33 bits per heavy atom. The molecule has 5 nitrogen and oxygen atoms in total. The Labute approximate surface area is 158 Å². The van der Waals surface area contributed by atoms with Crippen LogP contribution in [-0.4, -0.2) is 16.8 Å². The molecule has 0 bridgehead atoms. The summed E-state index contributed by atoms with van der Waals surface area (Å²) in [6.07, 6.45) is 1.46. The lowest BCUT2D eigenvalue weighted by Crippen LogP contribution is -2.17. The molecule has 1 aromatic heterocycles. The van der Waals surface area contributed by atoms with E-state index in [2.05, 4.69) is 15.6 Å². The minimum atomic E-state index is -0.353. The smallest absolute Gasteiger partial charge is 0.274 e. The highest BCUT2D eigenvalue weighted by atomic mass is 16.2. The van der Waals surface area contributed by atoms with Crippen molar-refractivity contribution in [2.45, 2.75) is 20.8 Å². The molecule has 0 aliphatic heterocycles. The average Bonchev–Trinajstić information content (AvgIpc) is 2.67. The second-order valence-corrected chi connectivity index (χ2v) is 6.45. The molecule has 0 fully saturated rings. The molecule has 2 N–H and O–H groups in total. The van der Waals surface area contributed by atoms with Gasteiger partial charge < -0.3 is 10.6 Å². The number of hydrogen-bond acceptors (Lipinski definition) is 3. The number of nitrogens with zero attached hydrogens (tertiary/aromatic N) is 1. The summed E-state index contributed by atoms with van der Waals surface area (Å²) in [5, 5.41) is 5.68. The predicted octanol–water partition coefficient (Wildman–Crippen LogP) is 4.51. The molecular formula is C22H21N3O2. The van der Waals surface area contributed by atoms with Crippen LogP contribution < -0.4 is 10.6 Å². The third kappa shape index (κ3) is 4.39. The van der Waals surface area contributed by atoms with Crippen LogP contribution in [0.25, 0.3) is 0 Å². The van der Waals surface area contributed by atoms with Crippen LogP contribution in [0.3, 0.4) is 0 Å². The van der Waals surface area contributed by atoms with E-state index in [0.29, 0.717) is 11.3 Å². The van der Waals surface area contributed by atoms with Crippen molar-refractivity contribution in [3.63, 3.8) is 0 Å². The minimum Gasteiger partial charge on any atom is -0.322 e. The number of pyridine rings is 1. The largest absolute Gasteiger partial charge is 0.322 e. The Kier molecular flexibility index (Phi) is 5.31. The maximum absolute atomic E-state index is 12.5. The Morgan fingerprint density at radius 1 is 0.852 bits per heavy atom. The number of aryl methyl sites for hydroxylation is 2. The van der Waals surface area contributed by atoms with Crippen LogP contribution in [0, 0.1) is 20.8 Å². The highest BCUT2D eigenvalue weighted by Crippen LogP contribution is 2.19. The van der Waals surface area contributed by atoms with Gasteiger partial charge in [-0.15, -0.1) is 0 Å². The van der Waals surface area contributed by atoms with E-state index in [-0.39, 0.29) is 17.5 Å². The minimum absolute atomic E-state index is 0.187. The zero-order valence-electron chi connectivity index (χ0n) is 15.5. The molecule has 3 rings (SSSR count). The number of anilines is 2. The molecule has 0 aliphatic carbocycles. The van der Waals surface area contributed by atoms with Gasteiger partial charge in [0.1, 0.15) is 5.69 Å². The first-order valence-electron chi connectivity index (χ1n) is 8.65. The summed E-state index contributed by atoms with van der Waals surface area (Å²) in [5.41, 5.74) is 5.19. The van der Waals surface area contributed by atoms with E-state index >= 15 is 0 Å². The number of carbonyl (C=O) groups is 2. The molecule has 2 aromatic carbocycles. The zero-order valence-corrected chi connectivity index (χ0v) is 15.5. The van der Waals surface area contributed by atoms with Crippen molar-refractivity contribution in [3.05, 3.63) is 88.7 Å². The molecule has 27 heavy (non-hydrogen) atoms. The normalized spacial score (nSPS) is 10.3. The summed E-state index contributed by atoms with van der Waals surface area (Å²) in [5.74, 6) is -0.643. The van der Waals surface area contributed by atoms with Gasteiger partial charge in [-0.05, 0) is 62.2 Å². The van der Waals surface area contributed by atoms with Crippen LogP contribution in [-0.2, 0) is 0 Å². The van der Waals surface area contributed by atoms with Crippen LogP contribution in [0.2, 0.25) is 0 Å². The van der Waals surface area contributed by atoms with Crippen molar-refractivity contribution >= 4 is 23.2 Å². The molecule has 0 atom stereocenters. The van der Waals surface area contributed by atoms with Crippen molar-refractivity contribution in [1.82, 2.24) is 4.98 Å². The Morgan fingerprint density at radius 2 is 1.59 bits per heavy atom. The summed E-state index contributed by atoms with van der Waals surface area (Å²) in [4.78, 5) is 29.1. The second kappa shape index (κ2) is 7.83. The van der Waals surface area contributed by atoms with Gasteiger partial charge in [0.05, 0.1) is 0 Å². The van der Waals surface area contributed by atoms with E-state index in [1.54, 1.807) is 6.07 Å². The first-order chi connectivity index (χ1) is 12.9. The quantitative estimate of drug-likeness (QED) is 0.720. The van der Waals surface area contributed by atoms with E-state index in [9.17, 15) is 9.59 Å². The van der Waals surface area contributed by atoms with Crippen LogP contribution in [0.4, 0.5) is 11.4 Å². The predicted molar refractivity (Wildman–Crippen MR) is 107 cm³/mol. The second-order valence-electron chi connectivity index (χ2n) is 6.45. The van der Waals surface area contributed by atoms with Gasteiger partial charge in [0.25, 0.3) is 11.8 Å². The Hall–Kier alpha value is -3.47. The highest BCUT2D eigenvalue weighted by Gasteiger charge is 2.13. The van der Waals surface area contributed by atoms with Crippen molar-refractivity contribution in [2.75, 3.05) is 10.6 Å². The average molecular weight is 359 g/mol. The van der Waals surface area contributed by atoms with Crippen molar-refractivity contribution in [2.24, 2.45) is 0 Å². The summed E-state index contributed by atoms with van der Waals surface area (Å²) < 4.78 is 0. The van der Waals surface area contributed by atoms with E-state index in [4.69, 9.17) is 0 Å². The van der Waals surface area contributed by atoms with Crippen LogP contribution in [0.5, 0.6) is 0 Å². The third-order valence-corrected chi connectivity index (χ3v) is 4.42. The van der Waals surface area contributed by atoms with Crippen LogP contribution >= 0.6 is 0 Å². The number of amides is 2. The van der Waals surface area contributed by atoms with Gasteiger partial charge in [0, 0.05) is 23.1 Å². The van der Waals surface area contributed by atoms with Gasteiger partial charge in [-0.25, -0.2) is 0 Å². The van der Waals surface area contributed by atoms with Gasteiger partial charge >= 0.3 is 0 Å². The number of hydrogen-bond donors (Lipinski definition) is 2. The molecule has 0 spiro atoms. The highest BCUT2D eigenvalue weighted by molar-refractivity contribution is 6.08. The molecule has 5 heteroatoms. The van der Waals surface area contributed by atoms with E-state index in [1.807, 2.05) is 63.2 Å². The number of rotatable bonds is 4. The maximum Gasteiger partial charge on any atom is 0.274 e. The Balaban J connectivity index is 1.76. The lowest BCUT2D eigenvalue weighted by atomic mass is 10.1. The van der Waals surface area contributed by atoms with E-state index in [1.165, 1.54) is 12.3 Å². The van der Waals surface area contributed by atoms with Crippen molar-refractivity contribution < 1.29 is 9.59 Å². The fraction of sp³-hybridized carbons (Fsp3) is 0.136. The Bertz CT molecular complexity index is 995. The van der Waals surface area contributed by atoms with Crippen molar-refractivity contribution in [1.29, 1.82) is 0 Å². The summed E-state index contributed by atoms with van der Waals surface area (Å²) in [6.45, 7) is 5.92. The fourth-order valence-electron chi connectivity index (χ4n) is 2.61. The first kappa shape index (κ1) is 18.3. The lowest BCUT2D eigenvalue weighted by Gasteiger charge is -2.10. The zero-order chi connectivity index (χ0) is 19.4. The van der Waals surface area contributed by atoms with Gasteiger partial charge in [0.15, 0.2) is 0 Å². The van der Waals surface area contributed by atoms with Crippen LogP contribution in [0.15, 0.2) is 60.8 Å². The number of aromatic nitrogens is 1. The fourth-order valence-corrected chi connectivity index (χ4v) is 2.61. The van der Waals surface area contributed by atoms with E-state index < -0.39 is 0 Å². The molecule has 136 valence electrons. The van der Waals surface area contributed by atoms with Gasteiger partial charge in [0.2, 0.25) is 0 Å². The topological polar surface area (TPSA) is 71.1 Å². The monoisotopic (exact) mass is 359 g/mol. The number of benzene rings is 2. The molecule has 0 aliphatic rings. The summed E-state index contributed by atoms with van der Waals surface area (Å²) in [7, 11) is 0. The van der Waals surface area contributed by atoms with E-state index in [0.717, 1.165) is 22.4 Å². The molecule has 0 unspecified atom stereocenters. The number of nitrogens with one attached hydrogen (secondary N) is 2. The van der Waals surface area contributed by atoms with Gasteiger partial charge in [-0.3, -0.25) is 14.6 Å². The van der Waals surface area contributed by atoms with Crippen molar-refractivity contribution in [3.8, 4) is 0 Å². The molecule has 0 radical (unpaired) electrons. The molecule has 3 aromatic rings. The SMILES string of the molecule is Cc1ccc(NC(=O)c2ccnc(C(=O)Nc3cccc(C)c3C)c2)cc1. The van der Waals surface area contributed by atoms with Gasteiger partial charge in [-0.1, -0.05) is 29.8 Å². The third-order valence-electron chi connectivity index (χ3n) is 4.42. The number of carbonyl (C=O) groups excluding carboxylic acids is 2. The summed E-state index contributed by atoms with van der Waals surface area (Å²) >= 11 is 0. The maximum atomic E-state index is 12.5. The van der Waals surface area contributed by atoms with Gasteiger partial charge in [-0.2, -0.15) is 0 Å². The first-order valence-corrected chi connectivity index (χ1v) is 8.65. The lowest BCUT2D eigenvalue weighted by molar-refractivity contribution is 0.102.